The second-order valence-electron chi connectivity index (χ2n) is 3.13. The van der Waals surface area contributed by atoms with Gasteiger partial charge in [0.2, 0.25) is 0 Å². The molecule has 0 radical (unpaired) electrons. The van der Waals surface area contributed by atoms with Gasteiger partial charge in [-0.3, -0.25) is 10.1 Å². The maximum absolute atomic E-state index is 11.7. The summed E-state index contributed by atoms with van der Waals surface area (Å²) >= 11 is 4.51. The first kappa shape index (κ1) is 11.9. The van der Waals surface area contributed by atoms with Crippen LogP contribution in [0.3, 0.4) is 0 Å². The fraction of sp³-hybridized carbons (Fsp3) is 0. The van der Waals surface area contributed by atoms with E-state index in [4.69, 9.17) is 5.11 Å². The summed E-state index contributed by atoms with van der Waals surface area (Å²) < 4.78 is 0.807. The van der Waals surface area contributed by atoms with Gasteiger partial charge in [0.05, 0.1) is 9.98 Å². The minimum absolute atomic E-state index is 0.242. The highest BCUT2D eigenvalue weighted by molar-refractivity contribution is 9.11. The molecule has 5 nitrogen and oxygen atoms in total. The maximum atomic E-state index is 11.7. The van der Waals surface area contributed by atoms with Gasteiger partial charge < -0.3 is 10.2 Å². The minimum atomic E-state index is -0.401. The van der Waals surface area contributed by atoms with Crippen molar-refractivity contribution in [3.05, 3.63) is 33.7 Å². The summed E-state index contributed by atoms with van der Waals surface area (Å²) in [6.45, 7) is 0. The Balaban J connectivity index is 2.17. The highest BCUT2D eigenvalue weighted by atomic mass is 79.9. The van der Waals surface area contributed by atoms with Gasteiger partial charge in [0.15, 0.2) is 16.6 Å². The molecular formula is C10H7BrN2O3S. The number of thiazole rings is 1. The van der Waals surface area contributed by atoms with Crippen molar-refractivity contribution >= 4 is 38.3 Å². The molecule has 88 valence electrons. The molecule has 0 aliphatic rings. The van der Waals surface area contributed by atoms with Crippen LogP contribution in [0.5, 0.6) is 11.5 Å². The van der Waals surface area contributed by atoms with E-state index in [2.05, 4.69) is 26.2 Å². The molecule has 3 N–H and O–H groups in total. The van der Waals surface area contributed by atoms with Crippen molar-refractivity contribution in [1.29, 1.82) is 0 Å². The van der Waals surface area contributed by atoms with E-state index < -0.39 is 5.91 Å². The lowest BCUT2D eigenvalue weighted by atomic mass is 10.2. The zero-order chi connectivity index (χ0) is 12.4. The van der Waals surface area contributed by atoms with Crippen LogP contribution in [0.4, 0.5) is 5.13 Å². The van der Waals surface area contributed by atoms with Crippen molar-refractivity contribution in [2.24, 2.45) is 0 Å². The summed E-state index contributed by atoms with van der Waals surface area (Å²) in [6, 6.07) is 3.85. The molecule has 0 fully saturated rings. The van der Waals surface area contributed by atoms with Gasteiger partial charge in [0.25, 0.3) is 5.91 Å². The van der Waals surface area contributed by atoms with Gasteiger partial charge >= 0.3 is 0 Å². The van der Waals surface area contributed by atoms with Gasteiger partial charge in [-0.1, -0.05) is 11.3 Å². The maximum Gasteiger partial charge on any atom is 0.257 e. The molecule has 0 bridgehead atoms. The van der Waals surface area contributed by atoms with Gasteiger partial charge in [-0.25, -0.2) is 4.98 Å². The number of phenolic OH excluding ortho intramolecular Hbond substituents is 2. The second-order valence-corrected chi connectivity index (χ2v) is 5.54. The molecule has 0 unspecified atom stereocenters. The standard InChI is InChI=1S/C10H7BrN2O3S/c11-8-4-12-10(17-8)13-9(16)5-1-2-6(14)7(15)3-5/h1-4,14-15H,(H,12,13,16). The molecule has 0 aliphatic carbocycles. The number of aromatic hydroxyl groups is 2. The number of hydrogen-bond acceptors (Lipinski definition) is 5. The third-order valence-electron chi connectivity index (χ3n) is 1.94. The number of nitrogens with one attached hydrogen (secondary N) is 1. The van der Waals surface area contributed by atoms with E-state index in [1.54, 1.807) is 6.20 Å². The predicted octanol–water partition coefficient (Wildman–Crippen LogP) is 2.57. The highest BCUT2D eigenvalue weighted by Crippen LogP contribution is 2.26. The topological polar surface area (TPSA) is 82.5 Å². The van der Waals surface area contributed by atoms with Crippen LogP contribution in [-0.4, -0.2) is 21.1 Å². The summed E-state index contributed by atoms with van der Waals surface area (Å²) in [7, 11) is 0. The van der Waals surface area contributed by atoms with E-state index in [0.29, 0.717) is 5.13 Å². The quantitative estimate of drug-likeness (QED) is 0.744. The Morgan fingerprint density at radius 2 is 2.12 bits per heavy atom. The number of hydrogen-bond donors (Lipinski definition) is 3. The van der Waals surface area contributed by atoms with Crippen molar-refractivity contribution in [2.75, 3.05) is 5.32 Å². The van der Waals surface area contributed by atoms with E-state index in [1.807, 2.05) is 0 Å². The van der Waals surface area contributed by atoms with Crippen molar-refractivity contribution in [3.8, 4) is 11.5 Å². The molecule has 0 spiro atoms. The SMILES string of the molecule is O=C(Nc1ncc(Br)s1)c1ccc(O)c(O)c1. The van der Waals surface area contributed by atoms with Crippen molar-refractivity contribution < 1.29 is 15.0 Å². The van der Waals surface area contributed by atoms with Gasteiger partial charge in [-0.2, -0.15) is 0 Å². The largest absolute Gasteiger partial charge is 0.504 e. The number of rotatable bonds is 2. The number of benzene rings is 1. The predicted molar refractivity (Wildman–Crippen MR) is 67.5 cm³/mol. The van der Waals surface area contributed by atoms with Crippen LogP contribution < -0.4 is 5.32 Å². The van der Waals surface area contributed by atoms with E-state index in [1.165, 1.54) is 29.5 Å². The Hall–Kier alpha value is -1.60. The molecule has 7 heteroatoms. The molecule has 0 atom stereocenters. The van der Waals surface area contributed by atoms with Gasteiger partial charge in [-0.15, -0.1) is 0 Å². The summed E-state index contributed by atoms with van der Waals surface area (Å²) in [4.78, 5) is 15.7. The Bertz CT molecular complexity index is 570. The normalized spacial score (nSPS) is 10.2. The molecule has 2 rings (SSSR count). The number of phenols is 2. The average Bonchev–Trinajstić information content (AvgIpc) is 2.68. The van der Waals surface area contributed by atoms with Gasteiger partial charge in [0.1, 0.15) is 0 Å². The first-order chi connectivity index (χ1) is 8.06. The molecule has 1 aromatic carbocycles. The molecule has 1 heterocycles. The van der Waals surface area contributed by atoms with Crippen molar-refractivity contribution in [3.63, 3.8) is 0 Å². The molecule has 1 amide bonds. The average molecular weight is 315 g/mol. The Morgan fingerprint density at radius 3 is 2.71 bits per heavy atom. The fourth-order valence-corrected chi connectivity index (χ4v) is 2.25. The molecule has 0 saturated heterocycles. The number of halogens is 1. The monoisotopic (exact) mass is 314 g/mol. The lowest BCUT2D eigenvalue weighted by Crippen LogP contribution is -2.11. The van der Waals surface area contributed by atoms with Crippen LogP contribution in [0.25, 0.3) is 0 Å². The Kier molecular flexibility index (Phi) is 3.30. The van der Waals surface area contributed by atoms with Crippen LogP contribution >= 0.6 is 27.3 Å². The third kappa shape index (κ3) is 2.75. The molecule has 2 aromatic rings. The minimum Gasteiger partial charge on any atom is -0.504 e. The molecular weight excluding hydrogens is 308 g/mol. The summed E-state index contributed by atoms with van der Waals surface area (Å²) in [5.41, 5.74) is 0.242. The fourth-order valence-electron chi connectivity index (χ4n) is 1.15. The van der Waals surface area contributed by atoms with Crippen molar-refractivity contribution in [1.82, 2.24) is 4.98 Å². The van der Waals surface area contributed by atoms with Crippen LogP contribution in [0, 0.1) is 0 Å². The van der Waals surface area contributed by atoms with E-state index >= 15 is 0 Å². The first-order valence-electron chi connectivity index (χ1n) is 4.51. The van der Waals surface area contributed by atoms with Gasteiger partial charge in [0, 0.05) is 5.56 Å². The molecule has 1 aromatic heterocycles. The highest BCUT2D eigenvalue weighted by Gasteiger charge is 2.10. The van der Waals surface area contributed by atoms with Gasteiger partial charge in [-0.05, 0) is 34.1 Å². The lowest BCUT2D eigenvalue weighted by molar-refractivity contribution is 0.102. The number of anilines is 1. The van der Waals surface area contributed by atoms with Crippen LogP contribution in [-0.2, 0) is 0 Å². The Labute approximate surface area is 109 Å². The number of nitrogens with zero attached hydrogens (tertiary/aromatic N) is 1. The molecule has 17 heavy (non-hydrogen) atoms. The van der Waals surface area contributed by atoms with Crippen molar-refractivity contribution in [2.45, 2.75) is 0 Å². The number of carbonyl (C=O) groups excluding carboxylic acids is 1. The molecule has 0 aliphatic heterocycles. The number of amides is 1. The summed E-state index contributed by atoms with van der Waals surface area (Å²) in [6.07, 6.45) is 1.58. The first-order valence-corrected chi connectivity index (χ1v) is 6.12. The third-order valence-corrected chi connectivity index (χ3v) is 3.33. The van der Waals surface area contributed by atoms with E-state index in [9.17, 15) is 9.90 Å². The number of aromatic nitrogens is 1. The zero-order valence-electron chi connectivity index (χ0n) is 8.35. The van der Waals surface area contributed by atoms with Crippen LogP contribution in [0.2, 0.25) is 0 Å². The van der Waals surface area contributed by atoms with Crippen LogP contribution in [0.1, 0.15) is 10.4 Å². The second kappa shape index (κ2) is 4.72. The molecule has 0 saturated carbocycles. The smallest absolute Gasteiger partial charge is 0.257 e. The summed E-state index contributed by atoms with van der Waals surface area (Å²) in [5, 5.41) is 21.4. The zero-order valence-corrected chi connectivity index (χ0v) is 10.7. The lowest BCUT2D eigenvalue weighted by Gasteiger charge is -2.03. The van der Waals surface area contributed by atoms with Crippen LogP contribution in [0.15, 0.2) is 28.2 Å². The summed E-state index contributed by atoms with van der Waals surface area (Å²) in [5.74, 6) is -1.00. The van der Waals surface area contributed by atoms with E-state index in [0.717, 1.165) is 3.79 Å². The van der Waals surface area contributed by atoms with E-state index in [-0.39, 0.29) is 17.1 Å². The number of carbonyl (C=O) groups is 1. The Morgan fingerprint density at radius 1 is 1.35 bits per heavy atom.